The Labute approximate surface area is 134 Å². The molecular formula is C11H7I3O2. The van der Waals surface area contributed by atoms with Gasteiger partial charge in [0, 0.05) is 14.3 Å². The van der Waals surface area contributed by atoms with E-state index in [1.54, 1.807) is 0 Å². The van der Waals surface area contributed by atoms with E-state index >= 15 is 0 Å². The van der Waals surface area contributed by atoms with Crippen molar-refractivity contribution in [2.24, 2.45) is 0 Å². The number of aromatic hydroxyl groups is 2. The van der Waals surface area contributed by atoms with Crippen molar-refractivity contribution in [1.82, 2.24) is 0 Å². The van der Waals surface area contributed by atoms with E-state index in [2.05, 4.69) is 67.8 Å². The standard InChI is InChI=1S/C11H7I3O2/c1-4-2-6(13)11(16)9-5(12)3-7(14)10(15)8(4)9/h2-3,15-16H,1H3. The molecule has 0 spiro atoms. The van der Waals surface area contributed by atoms with Crippen molar-refractivity contribution >= 4 is 78.5 Å². The highest BCUT2D eigenvalue weighted by atomic mass is 127. The van der Waals surface area contributed by atoms with Crippen molar-refractivity contribution in [2.75, 3.05) is 0 Å². The van der Waals surface area contributed by atoms with Gasteiger partial charge in [0.05, 0.1) is 7.14 Å². The topological polar surface area (TPSA) is 40.5 Å². The van der Waals surface area contributed by atoms with Gasteiger partial charge in [0.1, 0.15) is 11.5 Å². The molecule has 0 aliphatic heterocycles. The monoisotopic (exact) mass is 552 g/mol. The number of benzene rings is 2. The highest BCUT2D eigenvalue weighted by Crippen LogP contribution is 2.41. The molecule has 2 N–H and O–H groups in total. The second-order valence-corrected chi connectivity index (χ2v) is 6.95. The van der Waals surface area contributed by atoms with Crippen molar-refractivity contribution in [3.8, 4) is 11.5 Å². The fourth-order valence-corrected chi connectivity index (χ4v) is 4.42. The predicted octanol–water partition coefficient (Wildman–Crippen LogP) is 4.37. The van der Waals surface area contributed by atoms with Gasteiger partial charge >= 0.3 is 0 Å². The van der Waals surface area contributed by atoms with E-state index < -0.39 is 0 Å². The largest absolute Gasteiger partial charge is 0.506 e. The smallest absolute Gasteiger partial charge is 0.137 e. The molecule has 0 bridgehead atoms. The van der Waals surface area contributed by atoms with E-state index in [1.807, 2.05) is 19.1 Å². The van der Waals surface area contributed by atoms with Crippen LogP contribution in [0.3, 0.4) is 0 Å². The van der Waals surface area contributed by atoms with Crippen LogP contribution in [0.15, 0.2) is 12.1 Å². The summed E-state index contributed by atoms with van der Waals surface area (Å²) in [5.41, 5.74) is 0.978. The van der Waals surface area contributed by atoms with Crippen molar-refractivity contribution in [3.63, 3.8) is 0 Å². The molecule has 16 heavy (non-hydrogen) atoms. The third-order valence-corrected chi connectivity index (χ3v) is 4.90. The Morgan fingerprint density at radius 2 is 1.31 bits per heavy atom. The van der Waals surface area contributed by atoms with Crippen molar-refractivity contribution < 1.29 is 10.2 Å². The van der Waals surface area contributed by atoms with E-state index in [0.717, 1.165) is 27.0 Å². The summed E-state index contributed by atoms with van der Waals surface area (Å²) < 4.78 is 2.56. The van der Waals surface area contributed by atoms with Gasteiger partial charge in [0.2, 0.25) is 0 Å². The number of halogens is 3. The Bertz CT molecular complexity index is 541. The van der Waals surface area contributed by atoms with E-state index in [-0.39, 0.29) is 11.5 Å². The summed E-state index contributed by atoms with van der Waals surface area (Å²) >= 11 is 6.38. The van der Waals surface area contributed by atoms with Crippen LogP contribution < -0.4 is 0 Å². The number of phenolic OH excluding ortho intramolecular Hbond substituents is 2. The fourth-order valence-electron chi connectivity index (χ4n) is 1.67. The van der Waals surface area contributed by atoms with Gasteiger partial charge in [-0.2, -0.15) is 0 Å². The minimum absolute atomic E-state index is 0.248. The minimum Gasteiger partial charge on any atom is -0.506 e. The van der Waals surface area contributed by atoms with E-state index in [4.69, 9.17) is 0 Å². The normalized spacial score (nSPS) is 11.0. The van der Waals surface area contributed by atoms with Gasteiger partial charge in [-0.05, 0) is 92.4 Å². The lowest BCUT2D eigenvalue weighted by Gasteiger charge is -2.12. The first-order valence-electron chi connectivity index (χ1n) is 4.42. The average Bonchev–Trinajstić information content (AvgIpc) is 2.20. The Morgan fingerprint density at radius 1 is 0.812 bits per heavy atom. The van der Waals surface area contributed by atoms with Gasteiger partial charge in [-0.3, -0.25) is 0 Å². The number of aryl methyl sites for hydroxylation is 1. The Hall–Kier alpha value is 0.490. The molecule has 0 aromatic heterocycles. The van der Waals surface area contributed by atoms with Crippen LogP contribution in [-0.4, -0.2) is 10.2 Å². The first-order valence-corrected chi connectivity index (χ1v) is 7.66. The molecular weight excluding hydrogens is 545 g/mol. The van der Waals surface area contributed by atoms with Crippen LogP contribution in [0.1, 0.15) is 5.56 Å². The lowest BCUT2D eigenvalue weighted by atomic mass is 10.0. The first-order chi connectivity index (χ1) is 7.43. The zero-order valence-electron chi connectivity index (χ0n) is 8.18. The maximum atomic E-state index is 10.1. The summed E-state index contributed by atoms with van der Waals surface area (Å²) in [7, 11) is 0. The first kappa shape index (κ1) is 12.9. The quantitative estimate of drug-likeness (QED) is 0.478. The molecule has 84 valence electrons. The van der Waals surface area contributed by atoms with Gasteiger partial charge in [0.25, 0.3) is 0 Å². The van der Waals surface area contributed by atoms with E-state index in [9.17, 15) is 10.2 Å². The number of phenols is 2. The number of rotatable bonds is 0. The molecule has 0 fully saturated rings. The van der Waals surface area contributed by atoms with Gasteiger partial charge in [-0.15, -0.1) is 0 Å². The van der Waals surface area contributed by atoms with Crippen LogP contribution in [0.5, 0.6) is 11.5 Å². The molecule has 2 aromatic carbocycles. The molecule has 0 saturated carbocycles. The molecule has 2 aromatic rings. The maximum absolute atomic E-state index is 10.1. The van der Waals surface area contributed by atoms with Crippen molar-refractivity contribution in [2.45, 2.75) is 6.92 Å². The third-order valence-electron chi connectivity index (χ3n) is 2.41. The van der Waals surface area contributed by atoms with Crippen LogP contribution in [0.4, 0.5) is 0 Å². The minimum atomic E-state index is 0.248. The lowest BCUT2D eigenvalue weighted by Crippen LogP contribution is -1.89. The van der Waals surface area contributed by atoms with Crippen LogP contribution in [-0.2, 0) is 0 Å². The van der Waals surface area contributed by atoms with E-state index in [1.165, 1.54) is 0 Å². The summed E-state index contributed by atoms with van der Waals surface area (Å²) in [6.07, 6.45) is 0. The zero-order valence-corrected chi connectivity index (χ0v) is 14.7. The number of hydrogen-bond acceptors (Lipinski definition) is 2. The van der Waals surface area contributed by atoms with Crippen LogP contribution in [0, 0.1) is 17.6 Å². The highest BCUT2D eigenvalue weighted by Gasteiger charge is 2.16. The maximum Gasteiger partial charge on any atom is 0.137 e. The summed E-state index contributed by atoms with van der Waals surface area (Å²) in [5, 5.41) is 21.6. The van der Waals surface area contributed by atoms with Crippen LogP contribution in [0.2, 0.25) is 0 Å². The molecule has 2 rings (SSSR count). The molecule has 0 unspecified atom stereocenters. The molecule has 0 amide bonds. The van der Waals surface area contributed by atoms with Crippen molar-refractivity contribution in [1.29, 1.82) is 0 Å². The predicted molar refractivity (Wildman–Crippen MR) is 90.2 cm³/mol. The van der Waals surface area contributed by atoms with Crippen molar-refractivity contribution in [3.05, 3.63) is 28.4 Å². The average molecular weight is 552 g/mol. The van der Waals surface area contributed by atoms with Gasteiger partial charge in [0.15, 0.2) is 0 Å². The SMILES string of the molecule is Cc1cc(I)c(O)c2c(I)cc(I)c(O)c12. The lowest BCUT2D eigenvalue weighted by molar-refractivity contribution is 0.471. The molecule has 0 saturated heterocycles. The van der Waals surface area contributed by atoms with Gasteiger partial charge in [-0.25, -0.2) is 0 Å². The molecule has 0 aliphatic carbocycles. The Balaban J connectivity index is 3.11. The second-order valence-electron chi connectivity index (χ2n) is 3.46. The molecule has 0 radical (unpaired) electrons. The molecule has 5 heteroatoms. The summed E-state index contributed by atoms with van der Waals surface area (Å²) in [5.74, 6) is 0.498. The van der Waals surface area contributed by atoms with Crippen LogP contribution >= 0.6 is 67.8 Å². The molecule has 0 heterocycles. The summed E-state index contributed by atoms with van der Waals surface area (Å²) in [6.45, 7) is 1.94. The van der Waals surface area contributed by atoms with Crippen LogP contribution in [0.25, 0.3) is 10.8 Å². The Kier molecular flexibility index (Phi) is 3.75. The number of hydrogen-bond donors (Lipinski definition) is 2. The second kappa shape index (κ2) is 4.63. The third kappa shape index (κ3) is 1.98. The summed E-state index contributed by atoms with van der Waals surface area (Å²) in [4.78, 5) is 0. The highest BCUT2D eigenvalue weighted by molar-refractivity contribution is 14.1. The van der Waals surface area contributed by atoms with Gasteiger partial charge in [-0.1, -0.05) is 0 Å². The molecule has 0 atom stereocenters. The van der Waals surface area contributed by atoms with E-state index in [0.29, 0.717) is 0 Å². The molecule has 2 nitrogen and oxygen atoms in total. The summed E-state index contributed by atoms with van der Waals surface area (Å²) in [6, 6.07) is 3.75. The number of fused-ring (bicyclic) bond motifs is 1. The fraction of sp³-hybridized carbons (Fsp3) is 0.0909. The zero-order chi connectivity index (χ0) is 12.0. The Morgan fingerprint density at radius 3 is 1.94 bits per heavy atom. The molecule has 0 aliphatic rings. The van der Waals surface area contributed by atoms with Gasteiger partial charge < -0.3 is 10.2 Å².